The number of benzene rings is 1. The van der Waals surface area contributed by atoms with Crippen molar-refractivity contribution in [1.82, 2.24) is 5.27 Å². The van der Waals surface area contributed by atoms with Gasteiger partial charge in [0.15, 0.2) is 13.0 Å². The molecule has 9 heteroatoms. The van der Waals surface area contributed by atoms with E-state index in [2.05, 4.69) is 15.1 Å². The van der Waals surface area contributed by atoms with E-state index in [-0.39, 0.29) is 10.9 Å². The van der Waals surface area contributed by atoms with E-state index in [9.17, 15) is 9.90 Å². The minimum atomic E-state index is -0.577. The zero-order chi connectivity index (χ0) is 15.6. The highest BCUT2D eigenvalue weighted by Crippen LogP contribution is 2.29. The first-order chi connectivity index (χ1) is 9.88. The van der Waals surface area contributed by atoms with Crippen molar-refractivity contribution in [2.24, 2.45) is 7.05 Å². The molecule has 0 saturated heterocycles. The molecular formula is C12H11Cl2N3O3S. The molecule has 1 aromatic heterocycles. The number of aryl methyl sites for hydroxylation is 1. The minimum Gasteiger partial charge on any atom is -0.538 e. The van der Waals surface area contributed by atoms with Crippen molar-refractivity contribution in [2.75, 3.05) is 5.32 Å². The topological polar surface area (TPSA) is 82.1 Å². The smallest absolute Gasteiger partial charge is 0.291 e. The van der Waals surface area contributed by atoms with Crippen LogP contribution in [0, 0.1) is 0 Å². The van der Waals surface area contributed by atoms with Crippen LogP contribution in [0.3, 0.4) is 0 Å². The highest BCUT2D eigenvalue weighted by atomic mass is 35.5. The maximum absolute atomic E-state index is 12.1. The Bertz CT molecular complexity index is 658. The van der Waals surface area contributed by atoms with Gasteiger partial charge in [-0.1, -0.05) is 27.9 Å². The molecule has 1 heterocycles. The summed E-state index contributed by atoms with van der Waals surface area (Å²) in [5.74, 6) is -0.878. The monoisotopic (exact) mass is 347 g/mol. The molecule has 21 heavy (non-hydrogen) atoms. The van der Waals surface area contributed by atoms with Crippen LogP contribution in [0.25, 0.3) is 0 Å². The lowest BCUT2D eigenvalue weighted by Gasteiger charge is -2.11. The van der Waals surface area contributed by atoms with E-state index in [1.807, 2.05) is 0 Å². The number of hydrogen-bond acceptors (Lipinski definition) is 5. The van der Waals surface area contributed by atoms with Crippen LogP contribution in [0.5, 0.6) is 5.95 Å². The number of nitrogens with one attached hydrogen (secondary N) is 1. The van der Waals surface area contributed by atoms with Gasteiger partial charge in [0.25, 0.3) is 5.03 Å². The van der Waals surface area contributed by atoms with E-state index < -0.39 is 11.2 Å². The maximum Gasteiger partial charge on any atom is 0.291 e. The van der Waals surface area contributed by atoms with Gasteiger partial charge in [-0.15, -0.1) is 0 Å². The van der Waals surface area contributed by atoms with Gasteiger partial charge < -0.3 is 14.9 Å². The number of rotatable bonds is 4. The largest absolute Gasteiger partial charge is 0.538 e. The molecule has 1 atom stereocenters. The Morgan fingerprint density at radius 1 is 1.52 bits per heavy atom. The van der Waals surface area contributed by atoms with E-state index >= 15 is 0 Å². The lowest BCUT2D eigenvalue weighted by molar-refractivity contribution is -0.772. The average molecular weight is 348 g/mol. The summed E-state index contributed by atoms with van der Waals surface area (Å²) in [7, 11) is 1.56. The lowest BCUT2D eigenvalue weighted by atomic mass is 10.3. The van der Waals surface area contributed by atoms with Crippen LogP contribution < -0.4 is 15.1 Å². The number of aromatic nitrogens is 2. The fourth-order valence-corrected chi connectivity index (χ4v) is 2.75. The van der Waals surface area contributed by atoms with Gasteiger partial charge in [-0.25, -0.2) is 0 Å². The van der Waals surface area contributed by atoms with Crippen LogP contribution in [0.2, 0.25) is 10.0 Å². The molecule has 2 aromatic rings. The number of anilines is 1. The van der Waals surface area contributed by atoms with Crippen molar-refractivity contribution < 1.29 is 19.1 Å². The summed E-state index contributed by atoms with van der Waals surface area (Å²) in [6, 6.07) is 4.77. The first-order valence-corrected chi connectivity index (χ1v) is 7.47. The minimum absolute atomic E-state index is 0.250. The first kappa shape index (κ1) is 15.9. The third-order valence-corrected chi connectivity index (χ3v) is 4.33. The van der Waals surface area contributed by atoms with Crippen molar-refractivity contribution in [2.45, 2.75) is 17.2 Å². The number of nitrogens with zero attached hydrogens (tertiary/aromatic N) is 2. The van der Waals surface area contributed by atoms with Gasteiger partial charge in [-0.3, -0.25) is 4.79 Å². The van der Waals surface area contributed by atoms with Crippen LogP contribution in [-0.2, 0) is 11.8 Å². The maximum atomic E-state index is 12.1. The summed E-state index contributed by atoms with van der Waals surface area (Å²) < 4.78 is 5.78. The SMILES string of the molecule is CC(Sc1c([O-])on[n+]1C)C(=O)Nc1ccc(Cl)cc1Cl. The lowest BCUT2D eigenvalue weighted by Crippen LogP contribution is -2.33. The molecule has 0 fully saturated rings. The third-order valence-electron chi connectivity index (χ3n) is 2.56. The highest BCUT2D eigenvalue weighted by molar-refractivity contribution is 8.00. The van der Waals surface area contributed by atoms with E-state index in [1.54, 1.807) is 26.1 Å². The van der Waals surface area contributed by atoms with Gasteiger partial charge in [0, 0.05) is 5.02 Å². The van der Waals surface area contributed by atoms with Crippen molar-refractivity contribution in [3.8, 4) is 5.95 Å². The standard InChI is InChI=1S/C12H11Cl2N3O3S/c1-6(21-11-12(19)20-16-17(11)2)10(18)15-9-4-3-7(13)5-8(9)14/h3-6H,1-2H3,(H-,15,16,18,19). The molecule has 2 rings (SSSR count). The summed E-state index contributed by atoms with van der Waals surface area (Å²) in [6.45, 7) is 1.66. The predicted molar refractivity (Wildman–Crippen MR) is 77.5 cm³/mol. The molecule has 1 aromatic carbocycles. The number of thioether (sulfide) groups is 1. The highest BCUT2D eigenvalue weighted by Gasteiger charge is 2.23. The zero-order valence-electron chi connectivity index (χ0n) is 11.1. The molecule has 1 unspecified atom stereocenters. The van der Waals surface area contributed by atoms with E-state index in [1.165, 1.54) is 10.7 Å². The van der Waals surface area contributed by atoms with E-state index in [0.717, 1.165) is 11.8 Å². The number of halogens is 2. The normalized spacial score (nSPS) is 12.2. The van der Waals surface area contributed by atoms with Crippen LogP contribution in [0.1, 0.15) is 6.92 Å². The summed E-state index contributed by atoms with van der Waals surface area (Å²) in [5.41, 5.74) is 0.454. The molecule has 0 saturated carbocycles. The molecule has 0 aliphatic carbocycles. The molecule has 112 valence electrons. The van der Waals surface area contributed by atoms with E-state index in [4.69, 9.17) is 23.2 Å². The first-order valence-electron chi connectivity index (χ1n) is 5.84. The molecule has 0 spiro atoms. The molecule has 1 N–H and O–H groups in total. The van der Waals surface area contributed by atoms with Crippen LogP contribution >= 0.6 is 35.0 Å². The van der Waals surface area contributed by atoms with E-state index in [0.29, 0.717) is 15.7 Å². The van der Waals surface area contributed by atoms with Crippen LogP contribution in [0.4, 0.5) is 5.69 Å². The second kappa shape index (κ2) is 6.55. The molecule has 6 nitrogen and oxygen atoms in total. The zero-order valence-corrected chi connectivity index (χ0v) is 13.4. The van der Waals surface area contributed by atoms with Gasteiger partial charge in [0.2, 0.25) is 5.91 Å². The molecule has 1 amide bonds. The summed E-state index contributed by atoms with van der Waals surface area (Å²) in [4.78, 5) is 12.1. The van der Waals surface area contributed by atoms with Crippen molar-refractivity contribution in [3.05, 3.63) is 28.2 Å². The Hall–Kier alpha value is -1.44. The molecule has 0 bridgehead atoms. The quantitative estimate of drug-likeness (QED) is 0.675. The molecule has 0 aliphatic rings. The second-order valence-corrected chi connectivity index (χ2v) is 6.34. The van der Waals surface area contributed by atoms with Crippen LogP contribution in [-0.4, -0.2) is 16.4 Å². The fraction of sp³-hybridized carbons (Fsp3) is 0.250. The summed E-state index contributed by atoms with van der Waals surface area (Å²) >= 11 is 12.8. The average Bonchev–Trinajstić information content (AvgIpc) is 2.73. The number of carbonyl (C=O) groups excluding carboxylic acids is 1. The summed E-state index contributed by atoms with van der Waals surface area (Å²) in [6.07, 6.45) is 0. The Labute approximate surface area is 135 Å². The Balaban J connectivity index is 2.06. The Morgan fingerprint density at radius 3 is 2.81 bits per heavy atom. The van der Waals surface area contributed by atoms with Crippen LogP contribution in [0.15, 0.2) is 27.7 Å². The molecule has 0 radical (unpaired) electrons. The van der Waals surface area contributed by atoms with Gasteiger partial charge in [-0.05, 0) is 36.9 Å². The van der Waals surface area contributed by atoms with Crippen molar-refractivity contribution in [3.63, 3.8) is 0 Å². The van der Waals surface area contributed by atoms with Crippen molar-refractivity contribution in [1.29, 1.82) is 0 Å². The van der Waals surface area contributed by atoms with Gasteiger partial charge >= 0.3 is 0 Å². The van der Waals surface area contributed by atoms with Gasteiger partial charge in [0.05, 0.1) is 21.2 Å². The Kier molecular flexibility index (Phi) is 4.97. The number of carbonyl (C=O) groups is 1. The number of hydrogen-bond donors (Lipinski definition) is 1. The van der Waals surface area contributed by atoms with Gasteiger partial charge in [0.1, 0.15) is 0 Å². The predicted octanol–water partition coefficient (Wildman–Crippen LogP) is 2.00. The molecule has 0 aliphatic heterocycles. The summed E-state index contributed by atoms with van der Waals surface area (Å²) in [5, 5.41) is 18.1. The second-order valence-electron chi connectivity index (χ2n) is 4.16. The fourth-order valence-electron chi connectivity index (χ4n) is 1.48. The molecular weight excluding hydrogens is 337 g/mol. The van der Waals surface area contributed by atoms with Crippen molar-refractivity contribution >= 4 is 46.6 Å². The van der Waals surface area contributed by atoms with Gasteiger partial charge in [-0.2, -0.15) is 0 Å². The Morgan fingerprint density at radius 2 is 2.24 bits per heavy atom. The third kappa shape index (κ3) is 3.81. The number of amides is 1.